The van der Waals surface area contributed by atoms with Crippen molar-refractivity contribution >= 4 is 58.0 Å². The molecule has 2 nitrogen and oxygen atoms in total. The molecule has 4 aromatic carbocycles. The Morgan fingerprint density at radius 1 is 0.484 bits per heavy atom. The lowest BCUT2D eigenvalue weighted by atomic mass is 10.1. The summed E-state index contributed by atoms with van der Waals surface area (Å²) in [4.78, 5) is 0. The van der Waals surface area contributed by atoms with Gasteiger partial charge in [-0.25, -0.2) is 0 Å². The zero-order valence-electron chi connectivity index (χ0n) is 16.0. The molecule has 31 heavy (non-hydrogen) atoms. The number of hydrogen-bond acceptors (Lipinski definition) is 2. The van der Waals surface area contributed by atoms with Gasteiger partial charge in [-0.15, -0.1) is 0 Å². The Labute approximate surface area is 205 Å². The molecule has 0 amide bonds. The van der Waals surface area contributed by atoms with Gasteiger partial charge in [0, 0.05) is 31.2 Å². The van der Waals surface area contributed by atoms with E-state index in [0.29, 0.717) is 20.1 Å². The Morgan fingerprint density at radius 3 is 1.10 bits per heavy atom. The van der Waals surface area contributed by atoms with Crippen molar-refractivity contribution in [1.82, 2.24) is 0 Å². The first-order chi connectivity index (χ1) is 15.0. The standard InChI is InChI=1S/2C12H8Cl2.O2S/c2*13-10-6-7-11(12(14)8-10)9-4-2-1-3-5-9;1-3-2/h2*1-8H;. The van der Waals surface area contributed by atoms with Crippen LogP contribution in [0.15, 0.2) is 97.1 Å². The van der Waals surface area contributed by atoms with Crippen LogP contribution in [-0.2, 0) is 11.6 Å². The summed E-state index contributed by atoms with van der Waals surface area (Å²) in [5.41, 5.74) is 4.23. The van der Waals surface area contributed by atoms with Gasteiger partial charge in [0.15, 0.2) is 0 Å². The molecule has 0 saturated heterocycles. The Bertz CT molecular complexity index is 1060. The number of benzene rings is 4. The van der Waals surface area contributed by atoms with E-state index in [1.54, 1.807) is 12.1 Å². The third kappa shape index (κ3) is 8.13. The number of halogens is 4. The maximum atomic E-state index is 8.29. The highest BCUT2D eigenvalue weighted by Gasteiger charge is 2.03. The number of hydrogen-bond donors (Lipinski definition) is 0. The molecule has 4 aromatic rings. The quantitative estimate of drug-likeness (QED) is 0.271. The SMILES string of the molecule is Clc1ccc(-c2ccccc2)c(Cl)c1.Clc1ccc(-c2ccccc2)c(Cl)c1.O=S=O. The Kier molecular flexibility index (Phi) is 10.8. The van der Waals surface area contributed by atoms with Crippen LogP contribution >= 0.6 is 46.4 Å². The van der Waals surface area contributed by atoms with Gasteiger partial charge in [0.1, 0.15) is 0 Å². The van der Waals surface area contributed by atoms with Crippen molar-refractivity contribution in [2.24, 2.45) is 0 Å². The molecule has 0 bridgehead atoms. The fourth-order valence-corrected chi connectivity index (χ4v) is 3.72. The van der Waals surface area contributed by atoms with Crippen molar-refractivity contribution in [3.05, 3.63) is 117 Å². The second-order valence-electron chi connectivity index (χ2n) is 6.05. The van der Waals surface area contributed by atoms with Gasteiger partial charge >= 0.3 is 11.6 Å². The van der Waals surface area contributed by atoms with Crippen LogP contribution < -0.4 is 0 Å². The second kappa shape index (κ2) is 13.3. The van der Waals surface area contributed by atoms with Crippen molar-refractivity contribution in [3.63, 3.8) is 0 Å². The van der Waals surface area contributed by atoms with E-state index in [9.17, 15) is 0 Å². The molecule has 0 radical (unpaired) electrons. The lowest BCUT2D eigenvalue weighted by Crippen LogP contribution is -1.78. The van der Waals surface area contributed by atoms with Crippen LogP contribution in [0, 0.1) is 0 Å². The normalized spacial score (nSPS) is 9.55. The molecule has 0 aromatic heterocycles. The zero-order chi connectivity index (χ0) is 22.6. The summed E-state index contributed by atoms with van der Waals surface area (Å²) in [6.07, 6.45) is 0. The Morgan fingerprint density at radius 2 is 0.806 bits per heavy atom. The monoisotopic (exact) mass is 508 g/mol. The van der Waals surface area contributed by atoms with Crippen LogP contribution in [-0.4, -0.2) is 8.42 Å². The van der Waals surface area contributed by atoms with E-state index in [1.807, 2.05) is 84.9 Å². The molecule has 0 saturated carbocycles. The van der Waals surface area contributed by atoms with Crippen molar-refractivity contribution in [2.75, 3.05) is 0 Å². The van der Waals surface area contributed by atoms with Gasteiger partial charge in [-0.3, -0.25) is 0 Å². The highest BCUT2D eigenvalue weighted by molar-refractivity contribution is 7.51. The molecule has 4 rings (SSSR count). The summed E-state index contributed by atoms with van der Waals surface area (Å²) in [5, 5.41) is 2.69. The molecule has 0 aliphatic rings. The largest absolute Gasteiger partial charge is 0.335 e. The van der Waals surface area contributed by atoms with Crippen molar-refractivity contribution < 1.29 is 8.42 Å². The van der Waals surface area contributed by atoms with Gasteiger partial charge in [-0.05, 0) is 35.4 Å². The van der Waals surface area contributed by atoms with Gasteiger partial charge in [0.05, 0.1) is 0 Å². The minimum absolute atomic E-state index is 0.662. The summed E-state index contributed by atoms with van der Waals surface area (Å²) >= 11 is 23.0. The van der Waals surface area contributed by atoms with E-state index < -0.39 is 11.6 Å². The maximum absolute atomic E-state index is 8.29. The van der Waals surface area contributed by atoms with E-state index in [4.69, 9.17) is 54.8 Å². The van der Waals surface area contributed by atoms with E-state index in [1.165, 1.54) is 0 Å². The van der Waals surface area contributed by atoms with Gasteiger partial charge in [-0.2, -0.15) is 8.42 Å². The topological polar surface area (TPSA) is 34.1 Å². The minimum atomic E-state index is -0.750. The molecule has 0 heterocycles. The molecule has 0 aliphatic carbocycles. The summed E-state index contributed by atoms with van der Waals surface area (Å²) in [6.45, 7) is 0. The molecule has 0 unspecified atom stereocenters. The average molecular weight is 510 g/mol. The summed E-state index contributed by atoms with van der Waals surface area (Å²) in [5.74, 6) is 0. The molecule has 158 valence electrons. The van der Waals surface area contributed by atoms with Crippen LogP contribution in [0.25, 0.3) is 22.3 Å². The lowest BCUT2D eigenvalue weighted by Gasteiger charge is -2.04. The smallest absolute Gasteiger partial charge is 0.168 e. The Hall–Kier alpha value is -2.14. The van der Waals surface area contributed by atoms with Crippen LogP contribution in [0.5, 0.6) is 0 Å². The average Bonchev–Trinajstić information content (AvgIpc) is 2.76. The third-order valence-corrected chi connectivity index (χ3v) is 5.13. The summed E-state index contributed by atoms with van der Waals surface area (Å²) in [6, 6.07) is 31.1. The first-order valence-corrected chi connectivity index (χ1v) is 11.1. The van der Waals surface area contributed by atoms with Crippen molar-refractivity contribution in [1.29, 1.82) is 0 Å². The molecule has 0 N–H and O–H groups in total. The second-order valence-corrected chi connectivity index (χ2v) is 7.87. The molecule has 0 aliphatic heterocycles. The predicted molar refractivity (Wildman–Crippen MR) is 133 cm³/mol. The van der Waals surface area contributed by atoms with Gasteiger partial charge in [0.25, 0.3) is 0 Å². The van der Waals surface area contributed by atoms with E-state index in [-0.39, 0.29) is 0 Å². The maximum Gasteiger partial charge on any atom is 0.335 e. The van der Waals surface area contributed by atoms with Crippen molar-refractivity contribution in [3.8, 4) is 22.3 Å². The van der Waals surface area contributed by atoms with E-state index in [2.05, 4.69) is 0 Å². The number of rotatable bonds is 2. The van der Waals surface area contributed by atoms with Crippen LogP contribution in [0.4, 0.5) is 0 Å². The van der Waals surface area contributed by atoms with Crippen LogP contribution in [0.3, 0.4) is 0 Å². The minimum Gasteiger partial charge on any atom is -0.168 e. The third-order valence-electron chi connectivity index (χ3n) is 4.03. The van der Waals surface area contributed by atoms with Crippen LogP contribution in [0.2, 0.25) is 20.1 Å². The molecular formula is C24H16Cl4O2S. The molecular weight excluding hydrogens is 494 g/mol. The molecule has 7 heteroatoms. The first-order valence-electron chi connectivity index (χ1n) is 8.89. The summed E-state index contributed by atoms with van der Waals surface area (Å²) in [7, 11) is 0. The summed E-state index contributed by atoms with van der Waals surface area (Å²) < 4.78 is 16.6. The van der Waals surface area contributed by atoms with Crippen LogP contribution in [0.1, 0.15) is 0 Å². The highest BCUT2D eigenvalue weighted by atomic mass is 35.5. The predicted octanol–water partition coefficient (Wildman–Crippen LogP) is 8.65. The Balaban J connectivity index is 0.000000196. The highest BCUT2D eigenvalue weighted by Crippen LogP contribution is 2.30. The fraction of sp³-hybridized carbons (Fsp3) is 0. The van der Waals surface area contributed by atoms with Gasteiger partial charge in [-0.1, -0.05) is 119 Å². The molecule has 0 spiro atoms. The fourth-order valence-electron chi connectivity index (χ4n) is 2.68. The van der Waals surface area contributed by atoms with Gasteiger partial charge in [0.2, 0.25) is 0 Å². The molecule has 0 fully saturated rings. The zero-order valence-corrected chi connectivity index (χ0v) is 19.8. The lowest BCUT2D eigenvalue weighted by molar-refractivity contribution is 0.630. The van der Waals surface area contributed by atoms with E-state index in [0.717, 1.165) is 22.3 Å². The van der Waals surface area contributed by atoms with Crippen molar-refractivity contribution in [2.45, 2.75) is 0 Å². The molecule has 0 atom stereocenters. The van der Waals surface area contributed by atoms with E-state index >= 15 is 0 Å². The first kappa shape index (κ1) is 25.1. The van der Waals surface area contributed by atoms with Gasteiger partial charge < -0.3 is 0 Å².